The summed E-state index contributed by atoms with van der Waals surface area (Å²) in [5, 5.41) is 11.2. The highest BCUT2D eigenvalue weighted by Gasteiger charge is 2.16. The molecule has 0 aromatic heterocycles. The standard InChI is InChI=1S/C11H12BrNO3/c1-7(6-10(14)15)11(16)13-9-4-2-8(12)3-5-9/h2-5,7H,6H2,1H3,(H,13,16)(H,14,15). The molecule has 0 fully saturated rings. The van der Waals surface area contributed by atoms with Crippen LogP contribution in [-0.2, 0) is 9.59 Å². The van der Waals surface area contributed by atoms with E-state index in [4.69, 9.17) is 5.11 Å². The van der Waals surface area contributed by atoms with Gasteiger partial charge >= 0.3 is 5.97 Å². The highest BCUT2D eigenvalue weighted by molar-refractivity contribution is 9.10. The number of carboxylic acid groups (broad SMARTS) is 1. The number of carboxylic acids is 1. The molecule has 0 aliphatic carbocycles. The van der Waals surface area contributed by atoms with Gasteiger partial charge in [0.1, 0.15) is 0 Å². The second kappa shape index (κ2) is 5.65. The molecule has 0 bridgehead atoms. The summed E-state index contributed by atoms with van der Waals surface area (Å²) in [6.45, 7) is 1.59. The van der Waals surface area contributed by atoms with Gasteiger partial charge in [0.05, 0.1) is 6.42 Å². The van der Waals surface area contributed by atoms with Gasteiger partial charge in [-0.2, -0.15) is 0 Å². The Kier molecular flexibility index (Phi) is 4.49. The van der Waals surface area contributed by atoms with Crippen molar-refractivity contribution in [1.82, 2.24) is 0 Å². The van der Waals surface area contributed by atoms with Crippen molar-refractivity contribution in [2.24, 2.45) is 5.92 Å². The predicted octanol–water partition coefficient (Wildman–Crippen LogP) is 2.50. The van der Waals surface area contributed by atoms with Gasteiger partial charge in [0.15, 0.2) is 0 Å². The number of benzene rings is 1. The molecule has 0 spiro atoms. The quantitative estimate of drug-likeness (QED) is 0.893. The first kappa shape index (κ1) is 12.7. The van der Waals surface area contributed by atoms with Crippen molar-refractivity contribution in [3.05, 3.63) is 28.7 Å². The Morgan fingerprint density at radius 1 is 1.38 bits per heavy atom. The van der Waals surface area contributed by atoms with Crippen LogP contribution in [0.5, 0.6) is 0 Å². The van der Waals surface area contributed by atoms with Gasteiger partial charge in [-0.15, -0.1) is 0 Å². The van der Waals surface area contributed by atoms with Crippen molar-refractivity contribution in [1.29, 1.82) is 0 Å². The van der Waals surface area contributed by atoms with Crippen LogP contribution in [0.1, 0.15) is 13.3 Å². The summed E-state index contributed by atoms with van der Waals surface area (Å²) >= 11 is 3.28. The van der Waals surface area contributed by atoms with Gasteiger partial charge in [0.2, 0.25) is 5.91 Å². The molecule has 0 saturated carbocycles. The maximum Gasteiger partial charge on any atom is 0.304 e. The molecule has 86 valence electrons. The van der Waals surface area contributed by atoms with Gasteiger partial charge in [-0.05, 0) is 24.3 Å². The van der Waals surface area contributed by atoms with Crippen molar-refractivity contribution in [3.8, 4) is 0 Å². The Morgan fingerprint density at radius 3 is 2.44 bits per heavy atom. The van der Waals surface area contributed by atoms with Crippen LogP contribution in [-0.4, -0.2) is 17.0 Å². The fraction of sp³-hybridized carbons (Fsp3) is 0.273. The van der Waals surface area contributed by atoms with Gasteiger partial charge in [-0.25, -0.2) is 0 Å². The van der Waals surface area contributed by atoms with Crippen LogP contribution in [0.15, 0.2) is 28.7 Å². The highest BCUT2D eigenvalue weighted by Crippen LogP contribution is 2.15. The average molecular weight is 286 g/mol. The second-order valence-electron chi connectivity index (χ2n) is 3.50. The largest absolute Gasteiger partial charge is 0.481 e. The van der Waals surface area contributed by atoms with E-state index in [1.807, 2.05) is 0 Å². The molecule has 1 amide bonds. The molecule has 0 radical (unpaired) electrons. The Balaban J connectivity index is 2.57. The molecule has 16 heavy (non-hydrogen) atoms. The van der Waals surface area contributed by atoms with Crippen molar-refractivity contribution in [2.75, 3.05) is 5.32 Å². The van der Waals surface area contributed by atoms with Crippen LogP contribution in [0.4, 0.5) is 5.69 Å². The molecule has 1 atom stereocenters. The third-order valence-electron chi connectivity index (χ3n) is 2.04. The van der Waals surface area contributed by atoms with Gasteiger partial charge in [0, 0.05) is 16.1 Å². The molecule has 1 aromatic carbocycles. The number of hydrogen-bond acceptors (Lipinski definition) is 2. The summed E-state index contributed by atoms with van der Waals surface area (Å²) in [5.41, 5.74) is 0.658. The second-order valence-corrected chi connectivity index (χ2v) is 4.41. The normalized spacial score (nSPS) is 11.9. The summed E-state index contributed by atoms with van der Waals surface area (Å²) < 4.78 is 0.920. The number of amides is 1. The molecular formula is C11H12BrNO3. The minimum Gasteiger partial charge on any atom is -0.481 e. The molecule has 1 unspecified atom stereocenters. The first-order valence-corrected chi connectivity index (χ1v) is 5.56. The minimum absolute atomic E-state index is 0.164. The molecular weight excluding hydrogens is 274 g/mol. The summed E-state index contributed by atoms with van der Waals surface area (Å²) in [7, 11) is 0. The van der Waals surface area contributed by atoms with E-state index < -0.39 is 11.9 Å². The molecule has 0 aliphatic rings. The van der Waals surface area contributed by atoms with Gasteiger partial charge in [0.25, 0.3) is 0 Å². The Labute approximate surface area is 102 Å². The molecule has 0 heterocycles. The number of aliphatic carboxylic acids is 1. The third kappa shape index (κ3) is 4.02. The highest BCUT2D eigenvalue weighted by atomic mass is 79.9. The molecule has 1 aromatic rings. The summed E-state index contributed by atoms with van der Waals surface area (Å²) in [6, 6.07) is 7.10. The average Bonchev–Trinajstić information content (AvgIpc) is 2.20. The lowest BCUT2D eigenvalue weighted by atomic mass is 10.1. The molecule has 1 rings (SSSR count). The smallest absolute Gasteiger partial charge is 0.304 e. The lowest BCUT2D eigenvalue weighted by Crippen LogP contribution is -2.22. The minimum atomic E-state index is -0.974. The van der Waals surface area contributed by atoms with Crippen molar-refractivity contribution < 1.29 is 14.7 Å². The number of hydrogen-bond donors (Lipinski definition) is 2. The van der Waals surface area contributed by atoms with Crippen LogP contribution < -0.4 is 5.32 Å². The molecule has 2 N–H and O–H groups in total. The van der Waals surface area contributed by atoms with E-state index in [0.29, 0.717) is 5.69 Å². The van der Waals surface area contributed by atoms with E-state index in [-0.39, 0.29) is 12.3 Å². The van der Waals surface area contributed by atoms with Gasteiger partial charge < -0.3 is 10.4 Å². The first-order chi connectivity index (χ1) is 7.49. The number of nitrogens with one attached hydrogen (secondary N) is 1. The Morgan fingerprint density at radius 2 is 1.94 bits per heavy atom. The lowest BCUT2D eigenvalue weighted by Gasteiger charge is -2.09. The summed E-state index contributed by atoms with van der Waals surface area (Å²) in [6.07, 6.45) is -0.164. The number of carbonyl (C=O) groups excluding carboxylic acids is 1. The van der Waals surface area contributed by atoms with Crippen LogP contribution in [0.3, 0.4) is 0 Å². The number of carbonyl (C=O) groups is 2. The van der Waals surface area contributed by atoms with Gasteiger partial charge in [-0.1, -0.05) is 22.9 Å². The fourth-order valence-electron chi connectivity index (χ4n) is 1.15. The Hall–Kier alpha value is -1.36. The van der Waals surface area contributed by atoms with Crippen LogP contribution in [0, 0.1) is 5.92 Å². The maximum absolute atomic E-state index is 11.5. The molecule has 0 aliphatic heterocycles. The van der Waals surface area contributed by atoms with E-state index >= 15 is 0 Å². The predicted molar refractivity (Wildman–Crippen MR) is 64.2 cm³/mol. The maximum atomic E-state index is 11.5. The van der Waals surface area contributed by atoms with Crippen LogP contribution in [0.25, 0.3) is 0 Å². The number of anilines is 1. The SMILES string of the molecule is CC(CC(=O)O)C(=O)Nc1ccc(Br)cc1. The zero-order chi connectivity index (χ0) is 12.1. The van der Waals surface area contributed by atoms with Crippen molar-refractivity contribution in [2.45, 2.75) is 13.3 Å². The van der Waals surface area contributed by atoms with E-state index in [1.54, 1.807) is 31.2 Å². The topological polar surface area (TPSA) is 66.4 Å². The van der Waals surface area contributed by atoms with E-state index in [9.17, 15) is 9.59 Å². The summed E-state index contributed by atoms with van der Waals surface area (Å²) in [5.74, 6) is -1.80. The monoisotopic (exact) mass is 285 g/mol. The zero-order valence-electron chi connectivity index (χ0n) is 8.74. The lowest BCUT2D eigenvalue weighted by molar-refractivity contribution is -0.139. The zero-order valence-corrected chi connectivity index (χ0v) is 10.3. The number of halogens is 1. The van der Waals surface area contributed by atoms with E-state index in [2.05, 4.69) is 21.2 Å². The fourth-order valence-corrected chi connectivity index (χ4v) is 1.42. The van der Waals surface area contributed by atoms with Crippen LogP contribution in [0.2, 0.25) is 0 Å². The Bertz CT molecular complexity index is 389. The van der Waals surface area contributed by atoms with Crippen molar-refractivity contribution >= 4 is 33.5 Å². The van der Waals surface area contributed by atoms with Gasteiger partial charge in [-0.3, -0.25) is 9.59 Å². The molecule has 4 nitrogen and oxygen atoms in total. The number of rotatable bonds is 4. The van der Waals surface area contributed by atoms with Crippen molar-refractivity contribution in [3.63, 3.8) is 0 Å². The van der Waals surface area contributed by atoms with Crippen LogP contribution >= 0.6 is 15.9 Å². The van der Waals surface area contributed by atoms with E-state index in [0.717, 1.165) is 4.47 Å². The third-order valence-corrected chi connectivity index (χ3v) is 2.57. The molecule has 5 heteroatoms. The summed E-state index contributed by atoms with van der Waals surface area (Å²) in [4.78, 5) is 22.0. The molecule has 0 saturated heterocycles. The van der Waals surface area contributed by atoms with E-state index in [1.165, 1.54) is 0 Å². The first-order valence-electron chi connectivity index (χ1n) is 4.77.